The Balaban J connectivity index is 1.77. The molecule has 0 saturated carbocycles. The third kappa shape index (κ3) is 3.85. The van der Waals surface area contributed by atoms with Gasteiger partial charge < -0.3 is 9.67 Å². The lowest BCUT2D eigenvalue weighted by molar-refractivity contribution is -0.137. The van der Waals surface area contributed by atoms with Crippen LogP contribution in [0.2, 0.25) is 0 Å². The number of aliphatic carboxylic acids is 1. The first-order chi connectivity index (χ1) is 17.3. The fourth-order valence-electron chi connectivity index (χ4n) is 5.15. The summed E-state index contributed by atoms with van der Waals surface area (Å²) in [6.07, 6.45) is 1.73. The van der Waals surface area contributed by atoms with Gasteiger partial charge in [0.2, 0.25) is 0 Å². The zero-order chi connectivity index (χ0) is 25.6. The van der Waals surface area contributed by atoms with Crippen LogP contribution in [0, 0.1) is 25.2 Å². The largest absolute Gasteiger partial charge is 0.481 e. The van der Waals surface area contributed by atoms with E-state index in [2.05, 4.69) is 35.5 Å². The van der Waals surface area contributed by atoms with Crippen molar-refractivity contribution in [2.45, 2.75) is 32.9 Å². The first-order valence-corrected chi connectivity index (χ1v) is 11.6. The van der Waals surface area contributed by atoms with Gasteiger partial charge in [0, 0.05) is 24.1 Å². The zero-order valence-electron chi connectivity index (χ0n) is 20.3. The highest BCUT2D eigenvalue weighted by Crippen LogP contribution is 2.29. The summed E-state index contributed by atoms with van der Waals surface area (Å²) in [6, 6.07) is 17.8. The Bertz CT molecular complexity index is 1730. The van der Waals surface area contributed by atoms with Gasteiger partial charge >= 0.3 is 11.7 Å². The summed E-state index contributed by atoms with van der Waals surface area (Å²) in [4.78, 5) is 30.3. The fourth-order valence-corrected chi connectivity index (χ4v) is 5.15. The second-order valence-electron chi connectivity index (χ2n) is 9.16. The number of benzene rings is 2. The van der Waals surface area contributed by atoms with Crippen LogP contribution < -0.4 is 5.69 Å². The van der Waals surface area contributed by atoms with Gasteiger partial charge in [0.15, 0.2) is 5.65 Å². The van der Waals surface area contributed by atoms with Gasteiger partial charge in [-0.2, -0.15) is 5.26 Å². The number of hydrogen-bond acceptors (Lipinski definition) is 4. The maximum Gasteiger partial charge on any atom is 0.331 e. The molecule has 3 heterocycles. The van der Waals surface area contributed by atoms with Gasteiger partial charge in [-0.05, 0) is 54.3 Å². The molecular weight excluding hydrogens is 454 g/mol. The second kappa shape index (κ2) is 8.86. The third-order valence-electron chi connectivity index (χ3n) is 6.63. The SMILES string of the molecule is Cc1cc(C)c2c(Cn3c(=O)n(C(CC(=O)O)c4ccccc4)c4nc(C#N)ccc43)cn(C)c2c1. The Morgan fingerprint density at radius 1 is 1.11 bits per heavy atom. The van der Waals surface area contributed by atoms with Crippen LogP contribution in [0.25, 0.3) is 22.1 Å². The molecule has 0 amide bonds. The highest BCUT2D eigenvalue weighted by molar-refractivity contribution is 5.88. The van der Waals surface area contributed by atoms with Gasteiger partial charge in [-0.25, -0.2) is 9.78 Å². The molecule has 8 nitrogen and oxygen atoms in total. The van der Waals surface area contributed by atoms with Crippen LogP contribution in [-0.2, 0) is 18.4 Å². The number of nitrogens with zero attached hydrogens (tertiary/aromatic N) is 5. The van der Waals surface area contributed by atoms with Crippen LogP contribution >= 0.6 is 0 Å². The molecule has 180 valence electrons. The summed E-state index contributed by atoms with van der Waals surface area (Å²) in [6.45, 7) is 4.40. The second-order valence-corrected chi connectivity index (χ2v) is 9.16. The molecule has 1 atom stereocenters. The predicted molar refractivity (Wildman–Crippen MR) is 137 cm³/mol. The average molecular weight is 480 g/mol. The number of imidazole rings is 1. The van der Waals surface area contributed by atoms with Gasteiger partial charge in [0.05, 0.1) is 24.5 Å². The molecule has 5 rings (SSSR count). The highest BCUT2D eigenvalue weighted by atomic mass is 16.4. The summed E-state index contributed by atoms with van der Waals surface area (Å²) in [7, 11) is 1.98. The lowest BCUT2D eigenvalue weighted by atomic mass is 10.0. The summed E-state index contributed by atoms with van der Waals surface area (Å²) in [5, 5.41) is 20.2. The number of carboxylic acid groups (broad SMARTS) is 1. The van der Waals surface area contributed by atoms with E-state index in [1.54, 1.807) is 28.8 Å². The summed E-state index contributed by atoms with van der Waals surface area (Å²) in [5.74, 6) is -1.03. The van der Waals surface area contributed by atoms with Crippen molar-refractivity contribution >= 4 is 28.0 Å². The van der Waals surface area contributed by atoms with Gasteiger partial charge in [-0.3, -0.25) is 13.9 Å². The van der Waals surface area contributed by atoms with Crippen molar-refractivity contribution in [2.75, 3.05) is 0 Å². The Hall–Kier alpha value is -4.64. The standard InChI is InChI=1S/C28H25N5O3/c1-17-11-18(2)26-20(15-31(3)24(26)12-17)16-32-22-10-9-21(14-29)30-27(22)33(28(32)36)23(13-25(34)35)19-7-5-4-6-8-19/h4-12,15,23H,13,16H2,1-3H3,(H,34,35). The lowest BCUT2D eigenvalue weighted by Crippen LogP contribution is -2.29. The third-order valence-corrected chi connectivity index (χ3v) is 6.63. The minimum Gasteiger partial charge on any atom is -0.481 e. The van der Waals surface area contributed by atoms with Crippen LogP contribution in [0.1, 0.15) is 40.4 Å². The summed E-state index contributed by atoms with van der Waals surface area (Å²) >= 11 is 0. The molecule has 3 aromatic heterocycles. The molecule has 0 aliphatic heterocycles. The van der Waals surface area contributed by atoms with Crippen molar-refractivity contribution in [3.05, 3.63) is 99.2 Å². The van der Waals surface area contributed by atoms with Gasteiger partial charge in [0.25, 0.3) is 0 Å². The van der Waals surface area contributed by atoms with Crippen LogP contribution in [0.15, 0.2) is 65.6 Å². The molecule has 8 heteroatoms. The molecule has 0 fully saturated rings. The molecule has 0 radical (unpaired) electrons. The molecule has 5 aromatic rings. The normalized spacial score (nSPS) is 12.2. The van der Waals surface area contributed by atoms with Gasteiger partial charge in [-0.15, -0.1) is 0 Å². The molecule has 0 spiro atoms. The topological polar surface area (TPSA) is 106 Å². The first kappa shape index (κ1) is 23.1. The summed E-state index contributed by atoms with van der Waals surface area (Å²) in [5.41, 5.74) is 5.65. The van der Waals surface area contributed by atoms with Crippen molar-refractivity contribution in [3.63, 3.8) is 0 Å². The Morgan fingerprint density at radius 3 is 2.56 bits per heavy atom. The van der Waals surface area contributed by atoms with E-state index in [-0.39, 0.29) is 24.3 Å². The van der Waals surface area contributed by atoms with Crippen molar-refractivity contribution < 1.29 is 9.90 Å². The number of carboxylic acids is 1. The number of carbonyl (C=O) groups is 1. The molecule has 36 heavy (non-hydrogen) atoms. The maximum atomic E-state index is 14.0. The number of nitriles is 1. The van der Waals surface area contributed by atoms with E-state index in [4.69, 9.17) is 0 Å². The van der Waals surface area contributed by atoms with Crippen molar-refractivity contribution in [3.8, 4) is 6.07 Å². The fraction of sp³-hybridized carbons (Fsp3) is 0.214. The van der Waals surface area contributed by atoms with Crippen LogP contribution in [0.5, 0.6) is 0 Å². The van der Waals surface area contributed by atoms with Crippen molar-refractivity contribution in [1.29, 1.82) is 5.26 Å². The smallest absolute Gasteiger partial charge is 0.331 e. The molecule has 0 aliphatic rings. The molecule has 2 aromatic carbocycles. The van der Waals surface area contributed by atoms with Crippen LogP contribution in [0.3, 0.4) is 0 Å². The van der Waals surface area contributed by atoms with E-state index in [0.717, 1.165) is 27.6 Å². The van der Waals surface area contributed by atoms with E-state index in [1.165, 1.54) is 4.57 Å². The monoisotopic (exact) mass is 479 g/mol. The van der Waals surface area contributed by atoms with Gasteiger partial charge in [-0.1, -0.05) is 36.4 Å². The molecule has 0 bridgehead atoms. The molecular formula is C28H25N5O3. The van der Waals surface area contributed by atoms with Gasteiger partial charge in [0.1, 0.15) is 11.8 Å². The van der Waals surface area contributed by atoms with Crippen molar-refractivity contribution in [1.82, 2.24) is 18.7 Å². The van der Waals surface area contributed by atoms with E-state index in [0.29, 0.717) is 16.7 Å². The highest BCUT2D eigenvalue weighted by Gasteiger charge is 2.26. The Labute approximate surface area is 207 Å². The number of hydrogen-bond donors (Lipinski definition) is 1. The number of fused-ring (bicyclic) bond motifs is 2. The van der Waals surface area contributed by atoms with E-state index < -0.39 is 12.0 Å². The Morgan fingerprint density at radius 2 is 1.86 bits per heavy atom. The number of aryl methyl sites for hydroxylation is 3. The quantitative estimate of drug-likeness (QED) is 0.391. The first-order valence-electron chi connectivity index (χ1n) is 11.6. The molecule has 0 saturated heterocycles. The van der Waals surface area contributed by atoms with Crippen molar-refractivity contribution in [2.24, 2.45) is 7.05 Å². The van der Waals surface area contributed by atoms with E-state index in [1.807, 2.05) is 37.5 Å². The molecule has 1 unspecified atom stereocenters. The molecule has 1 N–H and O–H groups in total. The maximum absolute atomic E-state index is 14.0. The number of pyridine rings is 1. The predicted octanol–water partition coefficient (Wildman–Crippen LogP) is 4.29. The lowest BCUT2D eigenvalue weighted by Gasteiger charge is -2.17. The van der Waals surface area contributed by atoms with E-state index in [9.17, 15) is 20.0 Å². The number of rotatable bonds is 6. The van der Waals surface area contributed by atoms with Crippen LogP contribution in [0.4, 0.5) is 0 Å². The zero-order valence-corrected chi connectivity index (χ0v) is 20.3. The number of aromatic nitrogens is 4. The minimum atomic E-state index is -1.03. The Kier molecular flexibility index (Phi) is 5.69. The van der Waals surface area contributed by atoms with E-state index >= 15 is 0 Å². The minimum absolute atomic E-state index is 0.159. The average Bonchev–Trinajstić information content (AvgIpc) is 3.31. The molecule has 0 aliphatic carbocycles. The summed E-state index contributed by atoms with van der Waals surface area (Å²) < 4.78 is 5.09. The van der Waals surface area contributed by atoms with Crippen LogP contribution in [-0.4, -0.2) is 29.8 Å².